The van der Waals surface area contributed by atoms with Crippen LogP contribution in [0.1, 0.15) is 18.4 Å². The average molecular weight is 459 g/mol. The molecule has 0 saturated carbocycles. The molecule has 1 atom stereocenters. The maximum atomic E-state index is 12.1. The fraction of sp³-hybridized carbons (Fsp3) is 0.273. The van der Waals surface area contributed by atoms with Crippen molar-refractivity contribution in [1.29, 1.82) is 0 Å². The Kier molecular flexibility index (Phi) is 8.59. The molecule has 3 N–H and O–H groups in total. The molecule has 0 aliphatic carbocycles. The lowest BCUT2D eigenvalue weighted by Crippen LogP contribution is -2.41. The molecule has 3 rings (SSSR count). The first kappa shape index (κ1) is 23.2. The zero-order valence-corrected chi connectivity index (χ0v) is 17.9. The smallest absolute Gasteiger partial charge is 0.329 e. The third-order valence-electron chi connectivity index (χ3n) is 4.50. The SMILES string of the molecule is O=C(COc1ccccc1/C=N\NC(=O)C(=O)NC[C@H]1CCCO1)Nc1ccc(Cl)cc1. The number of benzene rings is 2. The number of anilines is 1. The van der Waals surface area contributed by atoms with E-state index in [2.05, 4.69) is 21.2 Å². The first-order valence-electron chi connectivity index (χ1n) is 10.0. The van der Waals surface area contributed by atoms with Crippen LogP contribution in [-0.2, 0) is 19.1 Å². The number of rotatable bonds is 8. The topological polar surface area (TPSA) is 118 Å². The summed E-state index contributed by atoms with van der Waals surface area (Å²) in [5.74, 6) is -1.64. The Morgan fingerprint density at radius 3 is 2.66 bits per heavy atom. The summed E-state index contributed by atoms with van der Waals surface area (Å²) in [6.07, 6.45) is 3.07. The summed E-state index contributed by atoms with van der Waals surface area (Å²) < 4.78 is 10.9. The van der Waals surface area contributed by atoms with E-state index >= 15 is 0 Å². The van der Waals surface area contributed by atoms with Gasteiger partial charge in [0.05, 0.1) is 12.3 Å². The molecule has 0 unspecified atom stereocenters. The highest BCUT2D eigenvalue weighted by molar-refractivity contribution is 6.35. The van der Waals surface area contributed by atoms with Gasteiger partial charge >= 0.3 is 11.8 Å². The van der Waals surface area contributed by atoms with Gasteiger partial charge in [-0.25, -0.2) is 5.43 Å². The molecule has 1 fully saturated rings. The number of amides is 3. The van der Waals surface area contributed by atoms with Gasteiger partial charge in [-0.1, -0.05) is 23.7 Å². The van der Waals surface area contributed by atoms with Gasteiger partial charge in [-0.2, -0.15) is 5.10 Å². The predicted octanol–water partition coefficient (Wildman–Crippen LogP) is 2.10. The summed E-state index contributed by atoms with van der Waals surface area (Å²) in [6, 6.07) is 13.5. The summed E-state index contributed by atoms with van der Waals surface area (Å²) in [5, 5.41) is 9.57. The van der Waals surface area contributed by atoms with Crippen molar-refractivity contribution in [1.82, 2.24) is 10.7 Å². The van der Waals surface area contributed by atoms with Crippen LogP contribution in [0.15, 0.2) is 53.6 Å². The van der Waals surface area contributed by atoms with Crippen LogP contribution in [0, 0.1) is 0 Å². The quantitative estimate of drug-likeness (QED) is 0.318. The van der Waals surface area contributed by atoms with Crippen molar-refractivity contribution in [2.24, 2.45) is 5.10 Å². The highest BCUT2D eigenvalue weighted by atomic mass is 35.5. The van der Waals surface area contributed by atoms with Gasteiger partial charge in [-0.15, -0.1) is 0 Å². The number of carbonyl (C=O) groups is 3. The van der Waals surface area contributed by atoms with Crippen LogP contribution in [0.3, 0.4) is 0 Å². The van der Waals surface area contributed by atoms with Crippen LogP contribution < -0.4 is 20.8 Å². The van der Waals surface area contributed by atoms with E-state index in [1.54, 1.807) is 48.5 Å². The van der Waals surface area contributed by atoms with Crippen LogP contribution in [0.25, 0.3) is 0 Å². The van der Waals surface area contributed by atoms with Crippen LogP contribution in [0.2, 0.25) is 5.02 Å². The number of ether oxygens (including phenoxy) is 2. The van der Waals surface area contributed by atoms with Crippen molar-refractivity contribution in [3.05, 3.63) is 59.1 Å². The second-order valence-electron chi connectivity index (χ2n) is 6.93. The Morgan fingerprint density at radius 2 is 1.91 bits per heavy atom. The van der Waals surface area contributed by atoms with Gasteiger partial charge in [0.1, 0.15) is 5.75 Å². The Bertz CT molecular complexity index is 975. The molecule has 10 heteroatoms. The van der Waals surface area contributed by atoms with E-state index in [0.717, 1.165) is 12.8 Å². The van der Waals surface area contributed by atoms with Crippen LogP contribution in [0.5, 0.6) is 5.75 Å². The van der Waals surface area contributed by atoms with E-state index in [1.807, 2.05) is 0 Å². The van der Waals surface area contributed by atoms with Gasteiger partial charge in [-0.3, -0.25) is 14.4 Å². The van der Waals surface area contributed by atoms with E-state index in [4.69, 9.17) is 21.1 Å². The summed E-state index contributed by atoms with van der Waals surface area (Å²) in [5.41, 5.74) is 3.28. The lowest BCUT2D eigenvalue weighted by Gasteiger charge is -2.10. The minimum absolute atomic E-state index is 0.0591. The fourth-order valence-electron chi connectivity index (χ4n) is 2.90. The highest BCUT2D eigenvalue weighted by Crippen LogP contribution is 2.17. The number of hydrazone groups is 1. The number of para-hydroxylation sites is 1. The third-order valence-corrected chi connectivity index (χ3v) is 4.75. The highest BCUT2D eigenvalue weighted by Gasteiger charge is 2.19. The first-order valence-corrected chi connectivity index (χ1v) is 10.4. The van der Waals surface area contributed by atoms with Gasteiger partial charge in [0, 0.05) is 29.4 Å². The monoisotopic (exact) mass is 458 g/mol. The summed E-state index contributed by atoms with van der Waals surface area (Å²) in [4.78, 5) is 35.8. The molecule has 32 heavy (non-hydrogen) atoms. The standard InChI is InChI=1S/C22H23ClN4O5/c23-16-7-9-17(10-8-16)26-20(28)14-32-19-6-2-1-4-15(19)12-25-27-22(30)21(29)24-13-18-5-3-11-31-18/h1-2,4,6-10,12,18H,3,5,11,13-14H2,(H,24,29)(H,26,28)(H,27,30)/b25-12-/t18-/m1/s1. The maximum absolute atomic E-state index is 12.1. The Morgan fingerprint density at radius 1 is 1.12 bits per heavy atom. The molecule has 3 amide bonds. The number of nitrogens with one attached hydrogen (secondary N) is 3. The lowest BCUT2D eigenvalue weighted by molar-refractivity contribution is -0.139. The van der Waals surface area contributed by atoms with Crippen molar-refractivity contribution in [2.45, 2.75) is 18.9 Å². The van der Waals surface area contributed by atoms with Crippen LogP contribution >= 0.6 is 11.6 Å². The van der Waals surface area contributed by atoms with Crippen LogP contribution in [0.4, 0.5) is 5.69 Å². The molecule has 2 aromatic rings. The molecule has 168 valence electrons. The summed E-state index contributed by atoms with van der Waals surface area (Å²) >= 11 is 5.82. The molecule has 0 bridgehead atoms. The van der Waals surface area contributed by atoms with Gasteiger partial charge in [0.2, 0.25) is 0 Å². The van der Waals surface area contributed by atoms with Crippen molar-refractivity contribution in [2.75, 3.05) is 25.1 Å². The second-order valence-corrected chi connectivity index (χ2v) is 7.36. The number of nitrogens with zero attached hydrogens (tertiary/aromatic N) is 1. The Balaban J connectivity index is 1.46. The Labute approximate surface area is 190 Å². The van der Waals surface area contributed by atoms with Crippen molar-refractivity contribution in [3.8, 4) is 5.75 Å². The van der Waals surface area contributed by atoms with Gasteiger partial charge in [0.25, 0.3) is 5.91 Å². The minimum Gasteiger partial charge on any atom is -0.483 e. The Hall–Kier alpha value is -3.43. The molecule has 1 saturated heterocycles. The number of carbonyl (C=O) groups excluding carboxylic acids is 3. The summed E-state index contributed by atoms with van der Waals surface area (Å²) in [6.45, 7) is 0.720. The van der Waals surface area contributed by atoms with Crippen LogP contribution in [-0.4, -0.2) is 49.8 Å². The zero-order chi connectivity index (χ0) is 22.8. The molecule has 2 aromatic carbocycles. The van der Waals surface area contributed by atoms with E-state index in [1.165, 1.54) is 6.21 Å². The number of halogens is 1. The average Bonchev–Trinajstić information content (AvgIpc) is 3.32. The fourth-order valence-corrected chi connectivity index (χ4v) is 3.02. The van der Waals surface area contributed by atoms with E-state index in [9.17, 15) is 14.4 Å². The molecule has 9 nitrogen and oxygen atoms in total. The van der Waals surface area contributed by atoms with E-state index in [-0.39, 0.29) is 25.2 Å². The van der Waals surface area contributed by atoms with Gasteiger partial charge < -0.3 is 20.1 Å². The summed E-state index contributed by atoms with van der Waals surface area (Å²) in [7, 11) is 0. The number of hydrogen-bond acceptors (Lipinski definition) is 6. The molecule has 0 aromatic heterocycles. The molecular weight excluding hydrogens is 436 g/mol. The van der Waals surface area contributed by atoms with Crippen molar-refractivity contribution >= 4 is 41.2 Å². The van der Waals surface area contributed by atoms with Gasteiger partial charge in [-0.05, 0) is 49.2 Å². The third kappa shape index (κ3) is 7.36. The number of hydrogen-bond donors (Lipinski definition) is 3. The zero-order valence-electron chi connectivity index (χ0n) is 17.2. The normalized spacial score (nSPS) is 15.3. The first-order chi connectivity index (χ1) is 15.5. The molecule has 0 spiro atoms. The minimum atomic E-state index is -0.889. The maximum Gasteiger partial charge on any atom is 0.329 e. The van der Waals surface area contributed by atoms with E-state index in [0.29, 0.717) is 28.6 Å². The molecule has 0 radical (unpaired) electrons. The van der Waals surface area contributed by atoms with E-state index < -0.39 is 11.8 Å². The molecule has 1 aliphatic heterocycles. The largest absolute Gasteiger partial charge is 0.483 e. The molecule has 1 aliphatic rings. The predicted molar refractivity (Wildman–Crippen MR) is 120 cm³/mol. The molecular formula is C22H23ClN4O5. The van der Waals surface area contributed by atoms with Crippen molar-refractivity contribution in [3.63, 3.8) is 0 Å². The van der Waals surface area contributed by atoms with Gasteiger partial charge in [0.15, 0.2) is 6.61 Å². The lowest BCUT2D eigenvalue weighted by atomic mass is 10.2. The molecule has 1 heterocycles. The van der Waals surface area contributed by atoms with Crippen molar-refractivity contribution < 1.29 is 23.9 Å². The second kappa shape index (κ2) is 11.8.